The molecule has 0 amide bonds. The third-order valence-corrected chi connectivity index (χ3v) is 4.87. The minimum atomic E-state index is -0.451. The maximum absolute atomic E-state index is 12.0. The first-order chi connectivity index (χ1) is 14.4. The highest BCUT2D eigenvalue weighted by Crippen LogP contribution is 2.32. The molecule has 0 bridgehead atoms. The van der Waals surface area contributed by atoms with Crippen LogP contribution in [0.1, 0.15) is 31.7 Å². The molecule has 1 fully saturated rings. The molecular formula is C22H23N3O5. The number of hydrogen-bond donors (Lipinski definition) is 0. The third kappa shape index (κ3) is 4.59. The van der Waals surface area contributed by atoms with Crippen molar-refractivity contribution >= 4 is 5.97 Å². The second-order valence-electron chi connectivity index (χ2n) is 7.81. The van der Waals surface area contributed by atoms with Crippen LogP contribution in [0.4, 0.5) is 0 Å². The largest absolute Gasteiger partial charge is 0.497 e. The lowest BCUT2D eigenvalue weighted by molar-refractivity contribution is -0.148. The number of ether oxygens (including phenoxy) is 3. The van der Waals surface area contributed by atoms with Crippen molar-refractivity contribution in [3.05, 3.63) is 54.0 Å². The molecule has 1 aliphatic rings. The SMILES string of the molecule is COc1ccc(COc2ccc(-c3noc(CC4CC(C)(C)OC4=O)n3)nc2)cc1. The number of carbonyl (C=O) groups is 1. The van der Waals surface area contributed by atoms with Gasteiger partial charge >= 0.3 is 5.97 Å². The maximum atomic E-state index is 12.0. The van der Waals surface area contributed by atoms with Crippen molar-refractivity contribution in [1.82, 2.24) is 15.1 Å². The van der Waals surface area contributed by atoms with Gasteiger partial charge in [-0.3, -0.25) is 4.79 Å². The number of rotatable bonds is 7. The van der Waals surface area contributed by atoms with Crippen LogP contribution in [0.15, 0.2) is 47.1 Å². The van der Waals surface area contributed by atoms with Crippen molar-refractivity contribution in [2.24, 2.45) is 5.92 Å². The number of cyclic esters (lactones) is 1. The highest BCUT2D eigenvalue weighted by molar-refractivity contribution is 5.75. The van der Waals surface area contributed by atoms with Crippen molar-refractivity contribution in [3.8, 4) is 23.0 Å². The summed E-state index contributed by atoms with van der Waals surface area (Å²) < 4.78 is 21.6. The fourth-order valence-corrected chi connectivity index (χ4v) is 3.37. The van der Waals surface area contributed by atoms with E-state index in [1.807, 2.05) is 38.1 Å². The van der Waals surface area contributed by atoms with Gasteiger partial charge in [0.1, 0.15) is 29.4 Å². The Bertz CT molecular complexity index is 1010. The third-order valence-electron chi connectivity index (χ3n) is 4.87. The zero-order valence-corrected chi connectivity index (χ0v) is 17.1. The molecule has 3 heterocycles. The van der Waals surface area contributed by atoms with E-state index in [1.165, 1.54) is 0 Å². The Balaban J connectivity index is 1.35. The summed E-state index contributed by atoms with van der Waals surface area (Å²) >= 11 is 0. The normalized spacial score (nSPS) is 17.6. The summed E-state index contributed by atoms with van der Waals surface area (Å²) in [5.41, 5.74) is 1.14. The first-order valence-corrected chi connectivity index (χ1v) is 9.69. The second-order valence-corrected chi connectivity index (χ2v) is 7.81. The quantitative estimate of drug-likeness (QED) is 0.546. The van der Waals surface area contributed by atoms with E-state index < -0.39 is 5.60 Å². The van der Waals surface area contributed by atoms with E-state index in [4.69, 9.17) is 18.7 Å². The van der Waals surface area contributed by atoms with Crippen molar-refractivity contribution in [1.29, 1.82) is 0 Å². The van der Waals surface area contributed by atoms with Gasteiger partial charge in [-0.05, 0) is 43.7 Å². The summed E-state index contributed by atoms with van der Waals surface area (Å²) in [6.45, 7) is 4.21. The molecule has 8 nitrogen and oxygen atoms in total. The molecule has 1 aliphatic heterocycles. The van der Waals surface area contributed by atoms with Gasteiger partial charge in [0.05, 0.1) is 19.2 Å². The Hall–Kier alpha value is -3.42. The number of methoxy groups -OCH3 is 1. The van der Waals surface area contributed by atoms with Gasteiger partial charge < -0.3 is 18.7 Å². The lowest BCUT2D eigenvalue weighted by Gasteiger charge is -2.14. The zero-order valence-electron chi connectivity index (χ0n) is 17.1. The molecule has 0 N–H and O–H groups in total. The van der Waals surface area contributed by atoms with E-state index in [0.29, 0.717) is 42.6 Å². The number of benzene rings is 1. The molecule has 1 aromatic carbocycles. The summed E-state index contributed by atoms with van der Waals surface area (Å²) in [6, 6.07) is 11.2. The van der Waals surface area contributed by atoms with Crippen LogP contribution in [0.5, 0.6) is 11.5 Å². The van der Waals surface area contributed by atoms with Crippen molar-refractivity contribution in [2.75, 3.05) is 7.11 Å². The highest BCUT2D eigenvalue weighted by atomic mass is 16.6. The summed E-state index contributed by atoms with van der Waals surface area (Å²) in [5.74, 6) is 1.71. The first-order valence-electron chi connectivity index (χ1n) is 9.69. The topological polar surface area (TPSA) is 96.6 Å². The van der Waals surface area contributed by atoms with Crippen LogP contribution in [-0.2, 0) is 22.6 Å². The molecule has 3 aromatic rings. The lowest BCUT2D eigenvalue weighted by Crippen LogP contribution is -2.17. The van der Waals surface area contributed by atoms with Crippen molar-refractivity contribution < 1.29 is 23.5 Å². The predicted octanol–water partition coefficient (Wildman–Crippen LogP) is 3.60. The van der Waals surface area contributed by atoms with Crippen LogP contribution in [0.2, 0.25) is 0 Å². The van der Waals surface area contributed by atoms with E-state index in [-0.39, 0.29) is 11.9 Å². The number of esters is 1. The van der Waals surface area contributed by atoms with Gasteiger partial charge in [0.25, 0.3) is 0 Å². The molecule has 8 heteroatoms. The highest BCUT2D eigenvalue weighted by Gasteiger charge is 2.40. The van der Waals surface area contributed by atoms with Crippen molar-refractivity contribution in [2.45, 2.75) is 38.9 Å². The van der Waals surface area contributed by atoms with E-state index in [0.717, 1.165) is 11.3 Å². The summed E-state index contributed by atoms with van der Waals surface area (Å²) in [7, 11) is 1.63. The van der Waals surface area contributed by atoms with Crippen LogP contribution >= 0.6 is 0 Å². The Kier molecular flexibility index (Phi) is 5.39. The Morgan fingerprint density at radius 3 is 2.53 bits per heavy atom. The van der Waals surface area contributed by atoms with E-state index in [1.54, 1.807) is 25.4 Å². The maximum Gasteiger partial charge on any atom is 0.310 e. The first kappa shape index (κ1) is 19.9. The number of aromatic nitrogens is 3. The van der Waals surface area contributed by atoms with Crippen molar-refractivity contribution in [3.63, 3.8) is 0 Å². The molecule has 1 atom stereocenters. The fraction of sp³-hybridized carbons (Fsp3) is 0.364. The predicted molar refractivity (Wildman–Crippen MR) is 107 cm³/mol. The van der Waals surface area contributed by atoms with Crippen LogP contribution in [-0.4, -0.2) is 33.8 Å². The molecule has 0 radical (unpaired) electrons. The Labute approximate surface area is 174 Å². The molecule has 1 unspecified atom stereocenters. The monoisotopic (exact) mass is 409 g/mol. The van der Waals surface area contributed by atoms with Crippen LogP contribution in [0, 0.1) is 5.92 Å². The molecule has 2 aromatic heterocycles. The Morgan fingerprint density at radius 2 is 1.90 bits per heavy atom. The molecular weight excluding hydrogens is 386 g/mol. The average molecular weight is 409 g/mol. The van der Waals surface area contributed by atoms with Gasteiger partial charge in [-0.25, -0.2) is 4.98 Å². The summed E-state index contributed by atoms with van der Waals surface area (Å²) in [6.07, 6.45) is 2.60. The lowest BCUT2D eigenvalue weighted by atomic mass is 9.95. The van der Waals surface area contributed by atoms with E-state index in [9.17, 15) is 4.79 Å². The Morgan fingerprint density at radius 1 is 1.13 bits per heavy atom. The van der Waals surface area contributed by atoms with Gasteiger partial charge in [-0.15, -0.1) is 0 Å². The van der Waals surface area contributed by atoms with Gasteiger partial charge in [-0.2, -0.15) is 4.98 Å². The molecule has 0 spiro atoms. The minimum Gasteiger partial charge on any atom is -0.497 e. The van der Waals surface area contributed by atoms with Gasteiger partial charge in [0.2, 0.25) is 11.7 Å². The zero-order chi connectivity index (χ0) is 21.1. The average Bonchev–Trinajstić information content (AvgIpc) is 3.30. The van der Waals surface area contributed by atoms with Gasteiger partial charge in [0.15, 0.2) is 0 Å². The van der Waals surface area contributed by atoms with Crippen LogP contribution < -0.4 is 9.47 Å². The number of nitrogens with zero attached hydrogens (tertiary/aromatic N) is 3. The van der Waals surface area contributed by atoms with Gasteiger partial charge in [-0.1, -0.05) is 17.3 Å². The van der Waals surface area contributed by atoms with E-state index >= 15 is 0 Å². The fourth-order valence-electron chi connectivity index (χ4n) is 3.37. The molecule has 0 saturated carbocycles. The minimum absolute atomic E-state index is 0.226. The van der Waals surface area contributed by atoms with E-state index in [2.05, 4.69) is 15.1 Å². The molecule has 4 rings (SSSR count). The summed E-state index contributed by atoms with van der Waals surface area (Å²) in [4.78, 5) is 20.7. The molecule has 0 aliphatic carbocycles. The standard InChI is InChI=1S/C22H23N3O5/c1-22(2)11-15(21(26)29-22)10-19-24-20(25-30-19)18-9-8-17(12-23-18)28-13-14-4-6-16(27-3)7-5-14/h4-9,12,15H,10-11,13H2,1-3H3. The number of carbonyl (C=O) groups excluding carboxylic acids is 1. The summed E-state index contributed by atoms with van der Waals surface area (Å²) in [5, 5.41) is 3.98. The number of hydrogen-bond acceptors (Lipinski definition) is 8. The molecule has 156 valence electrons. The second kappa shape index (κ2) is 8.14. The number of pyridine rings is 1. The van der Waals surface area contributed by atoms with Crippen LogP contribution in [0.3, 0.4) is 0 Å². The molecule has 30 heavy (non-hydrogen) atoms. The molecule has 1 saturated heterocycles. The van der Waals surface area contributed by atoms with Gasteiger partial charge in [0, 0.05) is 12.8 Å². The van der Waals surface area contributed by atoms with Crippen LogP contribution in [0.25, 0.3) is 11.5 Å². The smallest absolute Gasteiger partial charge is 0.310 e.